The van der Waals surface area contributed by atoms with E-state index in [-0.39, 0.29) is 17.2 Å². The molecule has 118 valence electrons. The second kappa shape index (κ2) is 5.93. The maximum absolute atomic E-state index is 12.3. The van der Waals surface area contributed by atoms with Gasteiger partial charge in [0, 0.05) is 24.0 Å². The van der Waals surface area contributed by atoms with Crippen LogP contribution in [0, 0.1) is 6.92 Å². The molecule has 0 bridgehead atoms. The number of thiazole rings is 1. The van der Waals surface area contributed by atoms with Crippen LogP contribution < -0.4 is 5.32 Å². The largest absolute Gasteiger partial charge is 0.366 e. The van der Waals surface area contributed by atoms with Crippen LogP contribution in [0.1, 0.15) is 37.6 Å². The number of nitrogens with one attached hydrogen (secondary N) is 1. The summed E-state index contributed by atoms with van der Waals surface area (Å²) >= 11 is 1.68. The molecule has 21 heavy (non-hydrogen) atoms. The van der Waals surface area contributed by atoms with Gasteiger partial charge in [0.25, 0.3) is 0 Å². The first-order valence-corrected chi connectivity index (χ1v) is 8.13. The summed E-state index contributed by atoms with van der Waals surface area (Å²) in [6.45, 7) is 12.0. The molecule has 0 aromatic carbocycles. The number of morpholine rings is 1. The van der Waals surface area contributed by atoms with Crippen LogP contribution in [0.2, 0.25) is 0 Å². The van der Waals surface area contributed by atoms with Crippen LogP contribution in [-0.4, -0.2) is 46.8 Å². The monoisotopic (exact) mass is 311 g/mol. The van der Waals surface area contributed by atoms with E-state index in [0.717, 1.165) is 11.4 Å². The molecule has 0 atom stereocenters. The Balaban J connectivity index is 1.85. The average Bonchev–Trinajstić information content (AvgIpc) is 2.71. The van der Waals surface area contributed by atoms with E-state index in [0.29, 0.717) is 19.6 Å². The minimum Gasteiger partial charge on any atom is -0.366 e. The minimum absolute atomic E-state index is 0.0206. The molecule has 2 amide bonds. The number of carbonyl (C=O) groups excluding carboxylic acids is 1. The summed E-state index contributed by atoms with van der Waals surface area (Å²) in [6.07, 6.45) is 2.65. The number of amides is 2. The molecule has 0 spiro atoms. The fourth-order valence-electron chi connectivity index (χ4n) is 2.84. The van der Waals surface area contributed by atoms with Crippen molar-refractivity contribution in [3.63, 3.8) is 0 Å². The van der Waals surface area contributed by atoms with Gasteiger partial charge in [0.2, 0.25) is 0 Å². The number of aryl methyl sites for hydroxylation is 1. The first-order valence-electron chi connectivity index (χ1n) is 7.31. The molecular formula is C15H25N3O2S. The summed E-state index contributed by atoms with van der Waals surface area (Å²) in [5.41, 5.74) is -0.628. The Morgan fingerprint density at radius 2 is 2.00 bits per heavy atom. The van der Waals surface area contributed by atoms with E-state index in [4.69, 9.17) is 4.74 Å². The van der Waals surface area contributed by atoms with Gasteiger partial charge in [0.15, 0.2) is 0 Å². The summed E-state index contributed by atoms with van der Waals surface area (Å²) in [6, 6.07) is -0.0206. The normalized spacial score (nSPS) is 20.3. The molecule has 6 heteroatoms. The van der Waals surface area contributed by atoms with E-state index in [9.17, 15) is 4.79 Å². The number of aromatic nitrogens is 1. The average molecular weight is 311 g/mol. The van der Waals surface area contributed by atoms with Crippen molar-refractivity contribution in [3.05, 3.63) is 16.1 Å². The molecule has 0 saturated carbocycles. The van der Waals surface area contributed by atoms with Crippen molar-refractivity contribution in [1.29, 1.82) is 0 Å². The van der Waals surface area contributed by atoms with E-state index in [1.54, 1.807) is 11.3 Å². The van der Waals surface area contributed by atoms with Crippen LogP contribution in [0.4, 0.5) is 4.79 Å². The zero-order valence-corrected chi connectivity index (χ0v) is 14.3. The van der Waals surface area contributed by atoms with Crippen molar-refractivity contribution in [1.82, 2.24) is 15.2 Å². The van der Waals surface area contributed by atoms with Crippen molar-refractivity contribution < 1.29 is 9.53 Å². The predicted octanol–water partition coefficient (Wildman–Crippen LogP) is 2.59. The molecule has 0 radical (unpaired) electrons. The fraction of sp³-hybridized carbons (Fsp3) is 0.733. The lowest BCUT2D eigenvalue weighted by molar-refractivity contribution is -0.170. The zero-order chi connectivity index (χ0) is 15.7. The Bertz CT molecular complexity index is 495. The van der Waals surface area contributed by atoms with Gasteiger partial charge in [-0.2, -0.15) is 0 Å². The fourth-order valence-corrected chi connectivity index (χ4v) is 3.62. The van der Waals surface area contributed by atoms with Gasteiger partial charge in [-0.25, -0.2) is 9.78 Å². The highest BCUT2D eigenvalue weighted by Gasteiger charge is 2.39. The summed E-state index contributed by atoms with van der Waals surface area (Å²) in [4.78, 5) is 19.7. The molecule has 0 unspecified atom stereocenters. The highest BCUT2D eigenvalue weighted by atomic mass is 32.1. The second-order valence-electron chi connectivity index (χ2n) is 6.82. The Labute approximate surface area is 130 Å². The molecule has 0 aliphatic carbocycles. The summed E-state index contributed by atoms with van der Waals surface area (Å²) < 4.78 is 5.99. The van der Waals surface area contributed by atoms with Crippen LogP contribution in [0.5, 0.6) is 0 Å². The quantitative estimate of drug-likeness (QED) is 0.933. The summed E-state index contributed by atoms with van der Waals surface area (Å²) in [5, 5.41) is 4.05. The lowest BCUT2D eigenvalue weighted by Gasteiger charge is -2.47. The molecule has 1 aromatic rings. The van der Waals surface area contributed by atoms with Crippen molar-refractivity contribution >= 4 is 17.4 Å². The van der Waals surface area contributed by atoms with Gasteiger partial charge in [0.1, 0.15) is 0 Å². The van der Waals surface area contributed by atoms with Gasteiger partial charge in [0.05, 0.1) is 29.3 Å². The van der Waals surface area contributed by atoms with Crippen molar-refractivity contribution in [2.45, 2.75) is 52.2 Å². The lowest BCUT2D eigenvalue weighted by atomic mass is 9.99. The van der Waals surface area contributed by atoms with Gasteiger partial charge >= 0.3 is 6.03 Å². The molecule has 1 aromatic heterocycles. The Morgan fingerprint density at radius 3 is 2.52 bits per heavy atom. The van der Waals surface area contributed by atoms with Crippen LogP contribution in [0.3, 0.4) is 0 Å². The SMILES string of the molecule is Cc1cnc(CCNC(=O)N2CC(C)(C)OC(C)(C)C2)s1. The van der Waals surface area contributed by atoms with Crippen LogP contribution >= 0.6 is 11.3 Å². The van der Waals surface area contributed by atoms with Gasteiger partial charge in [-0.05, 0) is 34.6 Å². The molecule has 5 nitrogen and oxygen atoms in total. The standard InChI is InChI=1S/C15H25N3O2S/c1-11-8-17-12(21-11)6-7-16-13(19)18-9-14(2,3)20-15(4,5)10-18/h8H,6-7,9-10H2,1-5H3,(H,16,19). The molecule has 1 aliphatic rings. The maximum atomic E-state index is 12.3. The van der Waals surface area contributed by atoms with Crippen molar-refractivity contribution in [2.24, 2.45) is 0 Å². The Hall–Kier alpha value is -1.14. The van der Waals surface area contributed by atoms with Crippen LogP contribution in [0.15, 0.2) is 6.20 Å². The molecule has 2 heterocycles. The molecule has 1 N–H and O–H groups in total. The molecule has 2 rings (SSSR count). The second-order valence-corrected chi connectivity index (χ2v) is 8.14. The van der Waals surface area contributed by atoms with E-state index in [2.05, 4.69) is 10.3 Å². The Morgan fingerprint density at radius 1 is 1.38 bits per heavy atom. The molecule has 1 saturated heterocycles. The molecular weight excluding hydrogens is 286 g/mol. The topological polar surface area (TPSA) is 54.5 Å². The van der Waals surface area contributed by atoms with Gasteiger partial charge in [-0.3, -0.25) is 0 Å². The smallest absolute Gasteiger partial charge is 0.317 e. The third-order valence-corrected chi connectivity index (χ3v) is 4.24. The van der Waals surface area contributed by atoms with Crippen molar-refractivity contribution in [3.8, 4) is 0 Å². The van der Waals surface area contributed by atoms with E-state index in [1.165, 1.54) is 4.88 Å². The minimum atomic E-state index is -0.314. The van der Waals surface area contributed by atoms with Gasteiger partial charge in [-0.15, -0.1) is 11.3 Å². The predicted molar refractivity (Wildman–Crippen MR) is 84.8 cm³/mol. The van der Waals surface area contributed by atoms with Gasteiger partial charge < -0.3 is 15.0 Å². The molecule has 1 aliphatic heterocycles. The third-order valence-electron chi connectivity index (χ3n) is 3.27. The van der Waals surface area contributed by atoms with Crippen molar-refractivity contribution in [2.75, 3.05) is 19.6 Å². The zero-order valence-electron chi connectivity index (χ0n) is 13.5. The van der Waals surface area contributed by atoms with Gasteiger partial charge in [-0.1, -0.05) is 0 Å². The number of nitrogens with zero attached hydrogens (tertiary/aromatic N) is 2. The molecule has 1 fully saturated rings. The number of hydrogen-bond acceptors (Lipinski definition) is 4. The number of hydrogen-bond donors (Lipinski definition) is 1. The third kappa shape index (κ3) is 4.68. The van der Waals surface area contributed by atoms with Crippen LogP contribution in [-0.2, 0) is 11.2 Å². The first kappa shape index (κ1) is 16.2. The Kier molecular flexibility index (Phi) is 4.58. The number of ether oxygens (including phenoxy) is 1. The highest BCUT2D eigenvalue weighted by molar-refractivity contribution is 7.11. The van der Waals surface area contributed by atoms with E-state index in [1.807, 2.05) is 45.7 Å². The summed E-state index contributed by atoms with van der Waals surface area (Å²) in [7, 11) is 0. The first-order chi connectivity index (χ1) is 9.67. The number of urea groups is 1. The summed E-state index contributed by atoms with van der Waals surface area (Å²) in [5.74, 6) is 0. The van der Waals surface area contributed by atoms with E-state index < -0.39 is 0 Å². The highest BCUT2D eigenvalue weighted by Crippen LogP contribution is 2.27. The number of carbonyl (C=O) groups is 1. The lowest BCUT2D eigenvalue weighted by Crippen LogP contribution is -2.60. The van der Waals surface area contributed by atoms with Crippen LogP contribution in [0.25, 0.3) is 0 Å². The number of rotatable bonds is 3. The maximum Gasteiger partial charge on any atom is 0.317 e. The van der Waals surface area contributed by atoms with E-state index >= 15 is 0 Å².